The molecule has 0 radical (unpaired) electrons. The van der Waals surface area contributed by atoms with Crippen LogP contribution in [0.15, 0.2) is 47.5 Å². The zero-order valence-electron chi connectivity index (χ0n) is 15.6. The highest BCUT2D eigenvalue weighted by Gasteiger charge is 2.12. The van der Waals surface area contributed by atoms with E-state index in [0.717, 1.165) is 34.9 Å². The van der Waals surface area contributed by atoms with Crippen molar-refractivity contribution in [3.05, 3.63) is 48.0 Å². The van der Waals surface area contributed by atoms with Crippen LogP contribution >= 0.6 is 24.0 Å². The molecule has 0 bridgehead atoms. The summed E-state index contributed by atoms with van der Waals surface area (Å²) in [5.74, 6) is 2.90. The molecule has 2 aromatic rings. The summed E-state index contributed by atoms with van der Waals surface area (Å²) in [6.07, 6.45) is 0.877. The molecular weight excluding hydrogens is 457 g/mol. The molecule has 6 nitrogen and oxygen atoms in total. The number of aliphatic imine (C=N–C) groups is 1. The number of halogens is 1. The number of nitrogens with zero attached hydrogens (tertiary/aromatic N) is 1. The van der Waals surface area contributed by atoms with E-state index in [1.807, 2.05) is 42.5 Å². The van der Waals surface area contributed by atoms with Gasteiger partial charge in [0.1, 0.15) is 5.75 Å². The van der Waals surface area contributed by atoms with E-state index in [1.54, 1.807) is 7.11 Å². The van der Waals surface area contributed by atoms with Gasteiger partial charge >= 0.3 is 0 Å². The van der Waals surface area contributed by atoms with Crippen molar-refractivity contribution in [2.24, 2.45) is 10.7 Å². The van der Waals surface area contributed by atoms with Gasteiger partial charge in [-0.2, -0.15) is 0 Å². The first kappa shape index (κ1) is 21.1. The minimum Gasteiger partial charge on any atom is -0.496 e. The fourth-order valence-corrected chi connectivity index (χ4v) is 2.84. The smallest absolute Gasteiger partial charge is 0.193 e. The molecule has 0 aromatic heterocycles. The maximum Gasteiger partial charge on any atom is 0.193 e. The molecule has 0 amide bonds. The summed E-state index contributed by atoms with van der Waals surface area (Å²) in [4.78, 5) is 4.46. The Bertz CT molecular complexity index is 783. The van der Waals surface area contributed by atoms with E-state index in [4.69, 9.17) is 19.9 Å². The molecule has 1 aliphatic heterocycles. The molecule has 1 heterocycles. The van der Waals surface area contributed by atoms with Gasteiger partial charge in [-0.1, -0.05) is 25.1 Å². The third kappa shape index (κ3) is 5.66. The Balaban J connectivity index is 0.00000261. The number of fused-ring (bicyclic) bond motifs is 1. The molecule has 0 fully saturated rings. The molecule has 0 aliphatic carbocycles. The van der Waals surface area contributed by atoms with Crippen LogP contribution in [0.3, 0.4) is 0 Å². The van der Waals surface area contributed by atoms with Crippen LogP contribution in [0.25, 0.3) is 0 Å². The summed E-state index contributed by atoms with van der Waals surface area (Å²) in [5, 5.41) is 3.11. The average Bonchev–Trinajstić information content (AvgIpc) is 2.91. The van der Waals surface area contributed by atoms with E-state index in [0.29, 0.717) is 25.7 Å². The molecule has 1 aliphatic rings. The standard InChI is InChI=1S/C20H25N3O3.HI/c1-14(16-6-3-4-7-17(16)24-2)13-22-20(21)23-15-8-9-18-19(12-15)26-11-5-10-25-18;/h3-4,6-9,12,14H,5,10-11,13H2,1-2H3,(H3,21,22,23);1H. The molecule has 3 rings (SSSR count). The first-order valence-electron chi connectivity index (χ1n) is 8.77. The van der Waals surface area contributed by atoms with Crippen molar-refractivity contribution < 1.29 is 14.2 Å². The van der Waals surface area contributed by atoms with Crippen molar-refractivity contribution >= 4 is 35.6 Å². The highest BCUT2D eigenvalue weighted by molar-refractivity contribution is 14.0. The Kier molecular flexibility index (Phi) is 8.02. The van der Waals surface area contributed by atoms with Crippen molar-refractivity contribution in [2.45, 2.75) is 19.3 Å². The third-order valence-corrected chi connectivity index (χ3v) is 4.23. The van der Waals surface area contributed by atoms with Crippen LogP contribution in [0.1, 0.15) is 24.8 Å². The van der Waals surface area contributed by atoms with Gasteiger partial charge in [-0.05, 0) is 23.8 Å². The van der Waals surface area contributed by atoms with Gasteiger partial charge in [0.2, 0.25) is 0 Å². The Labute approximate surface area is 177 Å². The molecule has 1 atom stereocenters. The Morgan fingerprint density at radius 3 is 2.70 bits per heavy atom. The zero-order chi connectivity index (χ0) is 18.4. The first-order chi connectivity index (χ1) is 12.7. The van der Waals surface area contributed by atoms with Crippen molar-refractivity contribution in [1.29, 1.82) is 0 Å². The van der Waals surface area contributed by atoms with Crippen LogP contribution in [0.4, 0.5) is 5.69 Å². The van der Waals surface area contributed by atoms with Gasteiger partial charge in [0.05, 0.1) is 20.3 Å². The van der Waals surface area contributed by atoms with Crippen molar-refractivity contribution in [1.82, 2.24) is 0 Å². The maximum absolute atomic E-state index is 6.05. The number of nitrogens with one attached hydrogen (secondary N) is 1. The van der Waals surface area contributed by atoms with Crippen LogP contribution in [-0.2, 0) is 0 Å². The lowest BCUT2D eigenvalue weighted by Gasteiger charge is -2.14. The number of guanidine groups is 1. The number of anilines is 1. The lowest BCUT2D eigenvalue weighted by atomic mass is 10.0. The van der Waals surface area contributed by atoms with Gasteiger partial charge in [-0.15, -0.1) is 24.0 Å². The molecule has 0 spiro atoms. The Morgan fingerprint density at radius 1 is 1.19 bits per heavy atom. The SMILES string of the molecule is COc1ccccc1C(C)CN=C(N)Nc1ccc2c(c1)OCCCO2.I. The average molecular weight is 483 g/mol. The number of hydrogen-bond acceptors (Lipinski definition) is 4. The second-order valence-corrected chi connectivity index (χ2v) is 6.21. The normalized spacial score (nSPS) is 14.5. The lowest BCUT2D eigenvalue weighted by Crippen LogP contribution is -2.23. The minimum absolute atomic E-state index is 0. The lowest BCUT2D eigenvalue weighted by molar-refractivity contribution is 0.297. The highest BCUT2D eigenvalue weighted by Crippen LogP contribution is 2.32. The van der Waals surface area contributed by atoms with Crippen LogP contribution in [0, 0.1) is 0 Å². The van der Waals surface area contributed by atoms with Crippen molar-refractivity contribution in [3.8, 4) is 17.2 Å². The van der Waals surface area contributed by atoms with Gasteiger partial charge in [0.25, 0.3) is 0 Å². The fourth-order valence-electron chi connectivity index (χ4n) is 2.84. The van der Waals surface area contributed by atoms with Crippen molar-refractivity contribution in [3.63, 3.8) is 0 Å². The van der Waals surface area contributed by atoms with Gasteiger partial charge in [0, 0.05) is 30.6 Å². The van der Waals surface area contributed by atoms with Crippen molar-refractivity contribution in [2.75, 3.05) is 32.2 Å². The monoisotopic (exact) mass is 483 g/mol. The number of rotatable bonds is 5. The molecule has 0 saturated heterocycles. The predicted molar refractivity (Wildman–Crippen MR) is 119 cm³/mol. The van der Waals surface area contributed by atoms with Crippen LogP contribution in [0.5, 0.6) is 17.2 Å². The molecule has 146 valence electrons. The van der Waals surface area contributed by atoms with E-state index in [-0.39, 0.29) is 29.9 Å². The molecule has 3 N–H and O–H groups in total. The second kappa shape index (κ2) is 10.2. The second-order valence-electron chi connectivity index (χ2n) is 6.21. The molecule has 27 heavy (non-hydrogen) atoms. The molecule has 1 unspecified atom stereocenters. The number of hydrogen-bond donors (Lipinski definition) is 2. The summed E-state index contributed by atoms with van der Waals surface area (Å²) in [6, 6.07) is 13.6. The van der Waals surface area contributed by atoms with Crippen LogP contribution in [0.2, 0.25) is 0 Å². The van der Waals surface area contributed by atoms with Crippen LogP contribution in [-0.4, -0.2) is 32.8 Å². The summed E-state index contributed by atoms with van der Waals surface area (Å²) in [6.45, 7) is 3.98. The molecule has 7 heteroatoms. The predicted octanol–water partition coefficient (Wildman–Crippen LogP) is 4.00. The number of methoxy groups -OCH3 is 1. The highest BCUT2D eigenvalue weighted by atomic mass is 127. The minimum atomic E-state index is 0. The first-order valence-corrected chi connectivity index (χ1v) is 8.77. The van der Waals surface area contributed by atoms with Gasteiger partial charge in [-0.3, -0.25) is 4.99 Å². The molecule has 2 aromatic carbocycles. The Morgan fingerprint density at radius 2 is 1.93 bits per heavy atom. The fraction of sp³-hybridized carbons (Fsp3) is 0.350. The number of ether oxygens (including phenoxy) is 3. The van der Waals surface area contributed by atoms with Gasteiger partial charge in [0.15, 0.2) is 17.5 Å². The van der Waals surface area contributed by atoms with E-state index < -0.39 is 0 Å². The van der Waals surface area contributed by atoms with E-state index >= 15 is 0 Å². The van der Waals surface area contributed by atoms with E-state index in [1.165, 1.54) is 0 Å². The summed E-state index contributed by atoms with van der Waals surface area (Å²) >= 11 is 0. The van der Waals surface area contributed by atoms with E-state index in [2.05, 4.69) is 17.2 Å². The number of nitrogens with two attached hydrogens (primary N) is 1. The largest absolute Gasteiger partial charge is 0.496 e. The van der Waals surface area contributed by atoms with Gasteiger partial charge < -0.3 is 25.3 Å². The summed E-state index contributed by atoms with van der Waals surface area (Å²) in [7, 11) is 1.68. The number of para-hydroxylation sites is 1. The molecular formula is C20H26IN3O3. The third-order valence-electron chi connectivity index (χ3n) is 4.23. The van der Waals surface area contributed by atoms with E-state index in [9.17, 15) is 0 Å². The Hall–Kier alpha value is -2.16. The number of benzene rings is 2. The van der Waals surface area contributed by atoms with Crippen LogP contribution < -0.4 is 25.3 Å². The zero-order valence-corrected chi connectivity index (χ0v) is 17.9. The summed E-state index contributed by atoms with van der Waals surface area (Å²) in [5.41, 5.74) is 7.98. The van der Waals surface area contributed by atoms with Gasteiger partial charge in [-0.25, -0.2) is 0 Å². The molecule has 0 saturated carbocycles. The quantitative estimate of drug-likeness (QED) is 0.382. The summed E-state index contributed by atoms with van der Waals surface area (Å²) < 4.78 is 16.7. The topological polar surface area (TPSA) is 78.1 Å². The maximum atomic E-state index is 6.05.